The summed E-state index contributed by atoms with van der Waals surface area (Å²) in [5.41, 5.74) is 4.24. The third-order valence-electron chi connectivity index (χ3n) is 1.82. The fraction of sp³-hybridized carbons (Fsp3) is 0.250. The number of aliphatic carboxylic acids is 1. The number of hydrogen-bond donors (Lipinski definition) is 2. The normalized spacial score (nSPS) is 14.9. The van der Waals surface area contributed by atoms with Crippen molar-refractivity contribution in [3.8, 4) is 0 Å². The van der Waals surface area contributed by atoms with Crippen molar-refractivity contribution in [2.75, 3.05) is 0 Å². The van der Waals surface area contributed by atoms with Gasteiger partial charge < -0.3 is 10.8 Å². The van der Waals surface area contributed by atoms with E-state index in [4.69, 9.17) is 34.0 Å². The highest BCUT2D eigenvalue weighted by Crippen LogP contribution is 2.26. The van der Waals surface area contributed by atoms with Gasteiger partial charge in [0.25, 0.3) is 0 Å². The van der Waals surface area contributed by atoms with Crippen molar-refractivity contribution < 1.29 is 9.90 Å². The minimum Gasteiger partial charge on any atom is -0.480 e. The minimum atomic E-state index is -1.56. The Morgan fingerprint density at radius 3 is 2.57 bits per heavy atom. The first kappa shape index (κ1) is 11.2. The van der Waals surface area contributed by atoms with E-state index in [0.717, 1.165) is 0 Å². The van der Waals surface area contributed by atoms with Crippen molar-refractivity contribution in [3.05, 3.63) is 28.0 Å². The molecule has 0 aliphatic carbocycles. The average Bonchev–Trinajstić information content (AvgIpc) is 2.02. The lowest BCUT2D eigenvalue weighted by atomic mass is 9.95. The van der Waals surface area contributed by atoms with Crippen LogP contribution in [0.1, 0.15) is 12.5 Å². The van der Waals surface area contributed by atoms with Gasteiger partial charge in [0.05, 0.1) is 0 Å². The van der Waals surface area contributed by atoms with Crippen LogP contribution in [0, 0.1) is 0 Å². The topological polar surface area (TPSA) is 76.2 Å². The molecule has 0 saturated carbocycles. The van der Waals surface area contributed by atoms with Crippen molar-refractivity contribution in [1.29, 1.82) is 0 Å². The van der Waals surface area contributed by atoms with E-state index >= 15 is 0 Å². The van der Waals surface area contributed by atoms with Gasteiger partial charge in [0, 0.05) is 5.56 Å². The van der Waals surface area contributed by atoms with Gasteiger partial charge in [0.1, 0.15) is 15.8 Å². The third kappa shape index (κ3) is 1.97. The maximum absolute atomic E-state index is 10.8. The van der Waals surface area contributed by atoms with Crippen LogP contribution in [0.15, 0.2) is 12.1 Å². The molecule has 76 valence electrons. The molecule has 0 aliphatic heterocycles. The molecule has 1 unspecified atom stereocenters. The minimum absolute atomic E-state index is 0.00454. The van der Waals surface area contributed by atoms with Gasteiger partial charge in [-0.15, -0.1) is 0 Å². The Hall–Kier alpha value is -0.840. The molecule has 4 nitrogen and oxygen atoms in total. The molecule has 1 aromatic heterocycles. The van der Waals surface area contributed by atoms with Gasteiger partial charge in [0.15, 0.2) is 0 Å². The Morgan fingerprint density at radius 2 is 2.14 bits per heavy atom. The fourth-order valence-corrected chi connectivity index (χ4v) is 1.46. The van der Waals surface area contributed by atoms with Crippen LogP contribution in [-0.2, 0) is 10.3 Å². The first-order valence-corrected chi connectivity index (χ1v) is 4.46. The van der Waals surface area contributed by atoms with Crippen LogP contribution >= 0.6 is 23.2 Å². The Balaban J connectivity index is 3.26. The first-order chi connectivity index (χ1) is 6.35. The van der Waals surface area contributed by atoms with Gasteiger partial charge in [0.2, 0.25) is 0 Å². The Kier molecular flexibility index (Phi) is 2.99. The van der Waals surface area contributed by atoms with Crippen molar-refractivity contribution in [2.24, 2.45) is 5.73 Å². The molecule has 0 aromatic carbocycles. The molecule has 0 radical (unpaired) electrons. The summed E-state index contributed by atoms with van der Waals surface area (Å²) in [7, 11) is 0. The zero-order valence-electron chi connectivity index (χ0n) is 7.29. The van der Waals surface area contributed by atoms with Gasteiger partial charge in [-0.25, -0.2) is 9.78 Å². The van der Waals surface area contributed by atoms with Crippen LogP contribution in [0.3, 0.4) is 0 Å². The molecule has 14 heavy (non-hydrogen) atoms. The highest BCUT2D eigenvalue weighted by molar-refractivity contribution is 6.33. The lowest BCUT2D eigenvalue weighted by Crippen LogP contribution is -2.42. The Morgan fingerprint density at radius 1 is 1.57 bits per heavy atom. The summed E-state index contributed by atoms with van der Waals surface area (Å²) in [6, 6.07) is 2.89. The molecular weight excluding hydrogens is 227 g/mol. The van der Waals surface area contributed by atoms with Crippen LogP contribution in [0.5, 0.6) is 0 Å². The fourth-order valence-electron chi connectivity index (χ4n) is 0.915. The SMILES string of the molecule is CC(N)(C(=O)O)c1ccc(Cl)nc1Cl. The summed E-state index contributed by atoms with van der Waals surface area (Å²) in [4.78, 5) is 14.5. The van der Waals surface area contributed by atoms with Crippen LogP contribution in [0.25, 0.3) is 0 Å². The van der Waals surface area contributed by atoms with Crippen LogP contribution in [0.2, 0.25) is 10.3 Å². The van der Waals surface area contributed by atoms with Crippen molar-refractivity contribution >= 4 is 29.2 Å². The van der Waals surface area contributed by atoms with E-state index in [1.807, 2.05) is 0 Å². The van der Waals surface area contributed by atoms with E-state index in [0.29, 0.717) is 0 Å². The molecule has 3 N–H and O–H groups in total. The summed E-state index contributed by atoms with van der Waals surface area (Å²) in [6.45, 7) is 1.34. The number of carboxylic acid groups (broad SMARTS) is 1. The van der Waals surface area contributed by atoms with Crippen LogP contribution in [-0.4, -0.2) is 16.1 Å². The molecule has 0 saturated heterocycles. The number of pyridine rings is 1. The Bertz CT molecular complexity index is 380. The number of hydrogen-bond acceptors (Lipinski definition) is 3. The molecule has 6 heteroatoms. The Labute approximate surface area is 90.6 Å². The molecule has 0 spiro atoms. The van der Waals surface area contributed by atoms with Gasteiger partial charge in [-0.1, -0.05) is 29.3 Å². The number of nitrogens with zero attached hydrogens (tertiary/aromatic N) is 1. The average molecular weight is 235 g/mol. The molecule has 1 rings (SSSR count). The van der Waals surface area contributed by atoms with Gasteiger partial charge in [-0.2, -0.15) is 0 Å². The van der Waals surface area contributed by atoms with Crippen LogP contribution < -0.4 is 5.73 Å². The predicted molar refractivity (Wildman–Crippen MR) is 53.4 cm³/mol. The van der Waals surface area contributed by atoms with E-state index in [9.17, 15) is 4.79 Å². The van der Waals surface area contributed by atoms with Crippen LogP contribution in [0.4, 0.5) is 0 Å². The lowest BCUT2D eigenvalue weighted by molar-refractivity contribution is -0.143. The zero-order valence-corrected chi connectivity index (χ0v) is 8.80. The van der Waals surface area contributed by atoms with Gasteiger partial charge in [-0.05, 0) is 13.0 Å². The highest BCUT2D eigenvalue weighted by Gasteiger charge is 2.32. The first-order valence-electron chi connectivity index (χ1n) is 3.70. The van der Waals surface area contributed by atoms with Gasteiger partial charge in [-0.3, -0.25) is 0 Å². The number of carbonyl (C=O) groups is 1. The number of aromatic nitrogens is 1. The molecule has 0 amide bonds. The van der Waals surface area contributed by atoms with E-state index in [-0.39, 0.29) is 15.9 Å². The standard InChI is InChI=1S/C8H8Cl2N2O2/c1-8(11,7(13)14)4-2-3-5(9)12-6(4)10/h2-3H,11H2,1H3,(H,13,14). The van der Waals surface area contributed by atoms with Crippen molar-refractivity contribution in [1.82, 2.24) is 4.98 Å². The summed E-state index contributed by atoms with van der Waals surface area (Å²) < 4.78 is 0. The summed E-state index contributed by atoms with van der Waals surface area (Å²) in [6.07, 6.45) is 0. The second-order valence-electron chi connectivity index (χ2n) is 2.98. The summed E-state index contributed by atoms with van der Waals surface area (Å²) in [5.74, 6) is -1.18. The molecule has 1 heterocycles. The van der Waals surface area contributed by atoms with Crippen molar-refractivity contribution in [2.45, 2.75) is 12.5 Å². The second kappa shape index (κ2) is 3.73. The van der Waals surface area contributed by atoms with Crippen molar-refractivity contribution in [3.63, 3.8) is 0 Å². The molecular formula is C8H8Cl2N2O2. The number of rotatable bonds is 2. The monoisotopic (exact) mass is 234 g/mol. The van der Waals surface area contributed by atoms with Gasteiger partial charge >= 0.3 is 5.97 Å². The van der Waals surface area contributed by atoms with E-state index in [2.05, 4.69) is 4.98 Å². The van der Waals surface area contributed by atoms with E-state index in [1.165, 1.54) is 19.1 Å². The molecule has 0 bridgehead atoms. The largest absolute Gasteiger partial charge is 0.480 e. The van der Waals surface area contributed by atoms with E-state index < -0.39 is 11.5 Å². The maximum atomic E-state index is 10.8. The molecule has 0 aliphatic rings. The quantitative estimate of drug-likeness (QED) is 0.764. The third-order valence-corrected chi connectivity index (χ3v) is 2.32. The smallest absolute Gasteiger partial charge is 0.328 e. The number of carboxylic acids is 1. The second-order valence-corrected chi connectivity index (χ2v) is 3.73. The lowest BCUT2D eigenvalue weighted by Gasteiger charge is -2.20. The molecule has 1 aromatic rings. The highest BCUT2D eigenvalue weighted by atomic mass is 35.5. The maximum Gasteiger partial charge on any atom is 0.328 e. The number of nitrogens with two attached hydrogens (primary N) is 1. The molecule has 1 atom stereocenters. The predicted octanol–water partition coefficient (Wildman–Crippen LogP) is 1.65. The zero-order chi connectivity index (χ0) is 10.9. The summed E-state index contributed by atoms with van der Waals surface area (Å²) in [5, 5.41) is 9.04. The van der Waals surface area contributed by atoms with E-state index in [1.54, 1.807) is 0 Å². The number of halogens is 2. The summed E-state index contributed by atoms with van der Waals surface area (Å²) >= 11 is 11.3. The molecule has 0 fully saturated rings.